The standard InChI is InChI=1S/C32H36N2O7/c1-21-8-7-9-22(16-21)25(23-10-11-26(37-2)27(17-23)38-3)20-30(35)33-12-14-34(15-13-33)32(36)24-18-28(39-4)31(41-6)29(19-24)40-5/h7-11,16-20H,12-15H2,1-6H3/b25-20-. The smallest absolute Gasteiger partial charge is 0.254 e. The maximum Gasteiger partial charge on any atom is 0.254 e. The number of methoxy groups -OCH3 is 5. The second-order valence-corrected chi connectivity index (χ2v) is 9.53. The topological polar surface area (TPSA) is 86.8 Å². The molecule has 0 spiro atoms. The first-order valence-corrected chi connectivity index (χ1v) is 13.2. The Hall–Kier alpha value is -4.66. The number of hydrogen-bond acceptors (Lipinski definition) is 7. The lowest BCUT2D eigenvalue weighted by atomic mass is 9.95. The van der Waals surface area contributed by atoms with E-state index < -0.39 is 0 Å². The zero-order chi connectivity index (χ0) is 29.5. The Labute approximate surface area is 240 Å². The zero-order valence-electron chi connectivity index (χ0n) is 24.4. The van der Waals surface area contributed by atoms with Crippen molar-refractivity contribution in [2.24, 2.45) is 0 Å². The fourth-order valence-electron chi connectivity index (χ4n) is 4.88. The van der Waals surface area contributed by atoms with Gasteiger partial charge in [0.25, 0.3) is 5.91 Å². The Morgan fingerprint density at radius 3 is 1.76 bits per heavy atom. The zero-order valence-corrected chi connectivity index (χ0v) is 24.4. The summed E-state index contributed by atoms with van der Waals surface area (Å²) in [5.74, 6) is 2.14. The predicted octanol–water partition coefficient (Wildman–Crippen LogP) is 4.45. The van der Waals surface area contributed by atoms with Crippen LogP contribution in [0.1, 0.15) is 27.0 Å². The van der Waals surface area contributed by atoms with E-state index in [9.17, 15) is 9.59 Å². The van der Waals surface area contributed by atoms with Crippen LogP contribution >= 0.6 is 0 Å². The maximum atomic E-state index is 13.5. The van der Waals surface area contributed by atoms with E-state index in [2.05, 4.69) is 0 Å². The van der Waals surface area contributed by atoms with Gasteiger partial charge in [-0.05, 0) is 47.9 Å². The second kappa shape index (κ2) is 13.1. The lowest BCUT2D eigenvalue weighted by molar-refractivity contribution is -0.127. The van der Waals surface area contributed by atoms with Gasteiger partial charge < -0.3 is 33.5 Å². The van der Waals surface area contributed by atoms with E-state index in [1.807, 2.05) is 49.4 Å². The SMILES string of the molecule is COc1ccc(/C(=C\C(=O)N2CCN(C(=O)c3cc(OC)c(OC)c(OC)c3)CC2)c2cccc(C)c2)cc1OC. The highest BCUT2D eigenvalue weighted by Gasteiger charge is 2.26. The van der Waals surface area contributed by atoms with Gasteiger partial charge in [-0.25, -0.2) is 0 Å². The number of amides is 2. The fourth-order valence-corrected chi connectivity index (χ4v) is 4.88. The third kappa shape index (κ3) is 6.40. The summed E-state index contributed by atoms with van der Waals surface area (Å²) in [5.41, 5.74) is 4.03. The number of ether oxygens (including phenoxy) is 5. The second-order valence-electron chi connectivity index (χ2n) is 9.53. The van der Waals surface area contributed by atoms with Gasteiger partial charge in [-0.3, -0.25) is 9.59 Å². The molecular weight excluding hydrogens is 524 g/mol. The van der Waals surface area contributed by atoms with E-state index >= 15 is 0 Å². The van der Waals surface area contributed by atoms with Gasteiger partial charge in [-0.1, -0.05) is 35.9 Å². The molecule has 9 heteroatoms. The minimum atomic E-state index is -0.169. The largest absolute Gasteiger partial charge is 0.493 e. The molecule has 1 saturated heterocycles. The summed E-state index contributed by atoms with van der Waals surface area (Å²) >= 11 is 0. The van der Waals surface area contributed by atoms with E-state index in [1.54, 1.807) is 42.2 Å². The molecule has 0 aliphatic carbocycles. The van der Waals surface area contributed by atoms with Crippen LogP contribution in [0, 0.1) is 6.92 Å². The van der Waals surface area contributed by atoms with Gasteiger partial charge >= 0.3 is 0 Å². The van der Waals surface area contributed by atoms with Gasteiger partial charge in [0.15, 0.2) is 23.0 Å². The van der Waals surface area contributed by atoms with Crippen LogP contribution in [0.5, 0.6) is 28.7 Å². The van der Waals surface area contributed by atoms with E-state index in [1.165, 1.54) is 21.3 Å². The van der Waals surface area contributed by atoms with Crippen molar-refractivity contribution < 1.29 is 33.3 Å². The van der Waals surface area contributed by atoms with Gasteiger partial charge in [-0.2, -0.15) is 0 Å². The number of aryl methyl sites for hydroxylation is 1. The lowest BCUT2D eigenvalue weighted by Gasteiger charge is -2.34. The highest BCUT2D eigenvalue weighted by atomic mass is 16.5. The van der Waals surface area contributed by atoms with Crippen molar-refractivity contribution in [1.29, 1.82) is 0 Å². The average Bonchev–Trinajstić information content (AvgIpc) is 3.02. The van der Waals surface area contributed by atoms with Gasteiger partial charge in [0.05, 0.1) is 35.5 Å². The van der Waals surface area contributed by atoms with Crippen LogP contribution in [0.2, 0.25) is 0 Å². The van der Waals surface area contributed by atoms with Crippen LogP contribution in [-0.2, 0) is 4.79 Å². The first-order valence-electron chi connectivity index (χ1n) is 13.2. The van der Waals surface area contributed by atoms with Crippen molar-refractivity contribution >= 4 is 17.4 Å². The predicted molar refractivity (Wildman–Crippen MR) is 156 cm³/mol. The lowest BCUT2D eigenvalue weighted by Crippen LogP contribution is -2.50. The maximum absolute atomic E-state index is 13.5. The molecular formula is C32H36N2O7. The monoisotopic (exact) mass is 560 g/mol. The van der Waals surface area contributed by atoms with Crippen molar-refractivity contribution in [2.45, 2.75) is 6.92 Å². The molecule has 1 heterocycles. The van der Waals surface area contributed by atoms with Gasteiger partial charge in [0.1, 0.15) is 0 Å². The van der Waals surface area contributed by atoms with Crippen molar-refractivity contribution in [3.8, 4) is 28.7 Å². The number of benzene rings is 3. The first-order chi connectivity index (χ1) is 19.8. The van der Waals surface area contributed by atoms with Crippen molar-refractivity contribution in [1.82, 2.24) is 9.80 Å². The average molecular weight is 561 g/mol. The quantitative estimate of drug-likeness (QED) is 0.357. The molecule has 0 atom stereocenters. The summed E-state index contributed by atoms with van der Waals surface area (Å²) in [7, 11) is 7.71. The molecule has 0 radical (unpaired) electrons. The van der Waals surface area contributed by atoms with E-state index in [0.29, 0.717) is 60.5 Å². The third-order valence-corrected chi connectivity index (χ3v) is 7.08. The molecule has 0 unspecified atom stereocenters. The molecule has 0 aromatic heterocycles. The van der Waals surface area contributed by atoms with Crippen LogP contribution in [0.25, 0.3) is 5.57 Å². The van der Waals surface area contributed by atoms with Crippen LogP contribution in [0.15, 0.2) is 60.7 Å². The Kier molecular flexibility index (Phi) is 9.39. The van der Waals surface area contributed by atoms with Crippen LogP contribution < -0.4 is 23.7 Å². The number of carbonyl (C=O) groups is 2. The molecule has 1 aliphatic heterocycles. The Morgan fingerprint density at radius 2 is 1.20 bits per heavy atom. The molecule has 9 nitrogen and oxygen atoms in total. The highest BCUT2D eigenvalue weighted by molar-refractivity contribution is 6.00. The molecule has 0 saturated carbocycles. The highest BCUT2D eigenvalue weighted by Crippen LogP contribution is 2.38. The summed E-state index contributed by atoms with van der Waals surface area (Å²) in [6, 6.07) is 16.9. The molecule has 216 valence electrons. The van der Waals surface area contributed by atoms with Gasteiger partial charge in [0, 0.05) is 37.8 Å². The van der Waals surface area contributed by atoms with Crippen LogP contribution in [-0.4, -0.2) is 83.3 Å². The first kappa shape index (κ1) is 29.3. The summed E-state index contributed by atoms with van der Waals surface area (Å²) in [6.45, 7) is 3.61. The molecule has 0 bridgehead atoms. The molecule has 1 aliphatic rings. The molecule has 3 aromatic rings. The minimum Gasteiger partial charge on any atom is -0.493 e. The number of nitrogens with zero attached hydrogens (tertiary/aromatic N) is 2. The summed E-state index contributed by atoms with van der Waals surface area (Å²) in [4.78, 5) is 30.4. The van der Waals surface area contributed by atoms with Crippen molar-refractivity contribution in [2.75, 3.05) is 61.7 Å². The van der Waals surface area contributed by atoms with E-state index in [-0.39, 0.29) is 11.8 Å². The number of hydrogen-bond donors (Lipinski definition) is 0. The van der Waals surface area contributed by atoms with Crippen LogP contribution in [0.4, 0.5) is 0 Å². The number of carbonyl (C=O) groups excluding carboxylic acids is 2. The molecule has 0 N–H and O–H groups in total. The number of rotatable bonds is 9. The number of piperazine rings is 1. The Bertz CT molecular complexity index is 1420. The Morgan fingerprint density at radius 1 is 0.634 bits per heavy atom. The third-order valence-electron chi connectivity index (χ3n) is 7.08. The summed E-state index contributed by atoms with van der Waals surface area (Å²) in [6.07, 6.45) is 1.66. The van der Waals surface area contributed by atoms with Gasteiger partial charge in [0.2, 0.25) is 11.7 Å². The molecule has 41 heavy (non-hydrogen) atoms. The van der Waals surface area contributed by atoms with Crippen molar-refractivity contribution in [3.05, 3.63) is 82.9 Å². The minimum absolute atomic E-state index is 0.129. The molecule has 2 amide bonds. The molecule has 3 aromatic carbocycles. The normalized spacial score (nSPS) is 13.5. The Balaban J connectivity index is 1.55. The van der Waals surface area contributed by atoms with Crippen LogP contribution in [0.3, 0.4) is 0 Å². The van der Waals surface area contributed by atoms with Crippen molar-refractivity contribution in [3.63, 3.8) is 0 Å². The summed E-state index contributed by atoms with van der Waals surface area (Å²) < 4.78 is 27.1. The van der Waals surface area contributed by atoms with Gasteiger partial charge in [-0.15, -0.1) is 0 Å². The van der Waals surface area contributed by atoms with E-state index in [0.717, 1.165) is 22.3 Å². The fraction of sp³-hybridized carbons (Fsp3) is 0.312. The molecule has 1 fully saturated rings. The molecule has 4 rings (SSSR count). The summed E-state index contributed by atoms with van der Waals surface area (Å²) in [5, 5.41) is 0. The van der Waals surface area contributed by atoms with E-state index in [4.69, 9.17) is 23.7 Å².